The maximum atomic E-state index is 9.44. The van der Waals surface area contributed by atoms with Gasteiger partial charge in [-0.3, -0.25) is 0 Å². The van der Waals surface area contributed by atoms with Crippen LogP contribution in [-0.2, 0) is 0 Å². The van der Waals surface area contributed by atoms with Crippen molar-refractivity contribution in [1.82, 2.24) is 4.98 Å². The molecule has 4 heteroatoms. The van der Waals surface area contributed by atoms with Gasteiger partial charge in [0.15, 0.2) is 11.5 Å². The van der Waals surface area contributed by atoms with Crippen LogP contribution in [0.2, 0.25) is 0 Å². The smallest absolute Gasteiger partial charge is 0.198 e. The SMILES string of the molecule is CCC(C)(CO)CNc1ccc2oc(C3CC3)nc2c1. The zero-order valence-electron chi connectivity index (χ0n) is 12.1. The lowest BCUT2D eigenvalue weighted by molar-refractivity contribution is 0.149. The lowest BCUT2D eigenvalue weighted by atomic mass is 9.88. The van der Waals surface area contributed by atoms with Gasteiger partial charge in [-0.05, 0) is 37.5 Å². The average molecular weight is 274 g/mol. The van der Waals surface area contributed by atoms with Gasteiger partial charge in [0.2, 0.25) is 0 Å². The van der Waals surface area contributed by atoms with Crippen molar-refractivity contribution in [2.45, 2.75) is 39.0 Å². The van der Waals surface area contributed by atoms with E-state index < -0.39 is 0 Å². The number of aromatic nitrogens is 1. The third-order valence-electron chi connectivity index (χ3n) is 4.29. The van der Waals surface area contributed by atoms with Crippen LogP contribution in [0.4, 0.5) is 5.69 Å². The molecule has 0 radical (unpaired) electrons. The number of aliphatic hydroxyl groups is 1. The van der Waals surface area contributed by atoms with E-state index >= 15 is 0 Å². The van der Waals surface area contributed by atoms with Crippen LogP contribution >= 0.6 is 0 Å². The molecule has 0 aliphatic heterocycles. The van der Waals surface area contributed by atoms with Crippen molar-refractivity contribution in [2.75, 3.05) is 18.5 Å². The van der Waals surface area contributed by atoms with Gasteiger partial charge >= 0.3 is 0 Å². The first-order valence-electron chi connectivity index (χ1n) is 7.39. The Morgan fingerprint density at radius 2 is 2.25 bits per heavy atom. The van der Waals surface area contributed by atoms with Crippen LogP contribution in [-0.4, -0.2) is 23.2 Å². The van der Waals surface area contributed by atoms with Gasteiger partial charge in [0.25, 0.3) is 0 Å². The van der Waals surface area contributed by atoms with Crippen molar-refractivity contribution in [3.05, 3.63) is 24.1 Å². The maximum absolute atomic E-state index is 9.44. The molecular formula is C16H22N2O2. The van der Waals surface area contributed by atoms with E-state index in [0.717, 1.165) is 35.6 Å². The predicted octanol–water partition coefficient (Wildman–Crippen LogP) is 3.53. The van der Waals surface area contributed by atoms with Gasteiger partial charge in [0.05, 0.1) is 6.61 Å². The Bertz CT molecular complexity index is 598. The third kappa shape index (κ3) is 2.66. The molecule has 2 N–H and O–H groups in total. The fraction of sp³-hybridized carbons (Fsp3) is 0.562. The summed E-state index contributed by atoms with van der Waals surface area (Å²) in [7, 11) is 0. The molecule has 0 spiro atoms. The molecule has 1 aliphatic rings. The summed E-state index contributed by atoms with van der Waals surface area (Å²) >= 11 is 0. The molecule has 4 nitrogen and oxygen atoms in total. The second-order valence-corrected chi connectivity index (χ2v) is 6.18. The summed E-state index contributed by atoms with van der Waals surface area (Å²) in [6, 6.07) is 6.01. The number of fused-ring (bicyclic) bond motifs is 1. The van der Waals surface area contributed by atoms with E-state index in [2.05, 4.69) is 24.1 Å². The summed E-state index contributed by atoms with van der Waals surface area (Å²) in [5, 5.41) is 12.8. The number of aliphatic hydroxyl groups excluding tert-OH is 1. The van der Waals surface area contributed by atoms with Crippen LogP contribution in [0.25, 0.3) is 11.1 Å². The summed E-state index contributed by atoms with van der Waals surface area (Å²) in [4.78, 5) is 4.56. The van der Waals surface area contributed by atoms with E-state index in [1.54, 1.807) is 0 Å². The van der Waals surface area contributed by atoms with Crippen molar-refractivity contribution in [1.29, 1.82) is 0 Å². The summed E-state index contributed by atoms with van der Waals surface area (Å²) in [5.74, 6) is 1.42. The highest BCUT2D eigenvalue weighted by atomic mass is 16.3. The third-order valence-corrected chi connectivity index (χ3v) is 4.29. The molecule has 0 saturated heterocycles. The van der Waals surface area contributed by atoms with Crippen molar-refractivity contribution in [3.8, 4) is 0 Å². The quantitative estimate of drug-likeness (QED) is 0.846. The molecule has 1 aromatic heterocycles. The molecular weight excluding hydrogens is 252 g/mol. The molecule has 1 aromatic carbocycles. The van der Waals surface area contributed by atoms with E-state index in [1.807, 2.05) is 18.2 Å². The number of oxazole rings is 1. The first-order valence-corrected chi connectivity index (χ1v) is 7.39. The molecule has 2 aromatic rings. The van der Waals surface area contributed by atoms with E-state index in [0.29, 0.717) is 5.92 Å². The standard InChI is InChI=1S/C16H22N2O2/c1-3-16(2,10-19)9-17-12-6-7-14-13(8-12)18-15(20-14)11-4-5-11/h6-8,11,17,19H,3-5,9-10H2,1-2H3. The van der Waals surface area contributed by atoms with E-state index in [9.17, 15) is 5.11 Å². The normalized spacial score (nSPS) is 18.1. The molecule has 1 fully saturated rings. The van der Waals surface area contributed by atoms with Gasteiger partial charge in [0.1, 0.15) is 5.52 Å². The van der Waals surface area contributed by atoms with Crippen LogP contribution in [0.15, 0.2) is 22.6 Å². The zero-order valence-corrected chi connectivity index (χ0v) is 12.1. The summed E-state index contributed by atoms with van der Waals surface area (Å²) in [6.07, 6.45) is 3.33. The molecule has 1 saturated carbocycles. The molecule has 0 bridgehead atoms. The largest absolute Gasteiger partial charge is 0.440 e. The Labute approximate surface area is 119 Å². The van der Waals surface area contributed by atoms with Crippen LogP contribution in [0.5, 0.6) is 0 Å². The number of rotatable bonds is 6. The predicted molar refractivity (Wildman–Crippen MR) is 80.0 cm³/mol. The minimum Gasteiger partial charge on any atom is -0.440 e. The highest BCUT2D eigenvalue weighted by Gasteiger charge is 2.29. The first-order chi connectivity index (χ1) is 9.63. The Morgan fingerprint density at radius 1 is 1.45 bits per heavy atom. The van der Waals surface area contributed by atoms with Crippen LogP contribution in [0.1, 0.15) is 44.9 Å². The molecule has 1 aliphatic carbocycles. The second-order valence-electron chi connectivity index (χ2n) is 6.18. The summed E-state index contributed by atoms with van der Waals surface area (Å²) in [6.45, 7) is 5.12. The maximum Gasteiger partial charge on any atom is 0.198 e. The van der Waals surface area contributed by atoms with Gasteiger partial charge in [-0.25, -0.2) is 4.98 Å². The average Bonchev–Trinajstić information content (AvgIpc) is 3.24. The Morgan fingerprint density at radius 3 is 2.90 bits per heavy atom. The number of anilines is 1. The van der Waals surface area contributed by atoms with Crippen LogP contribution in [0, 0.1) is 5.41 Å². The van der Waals surface area contributed by atoms with Gasteiger partial charge in [-0.2, -0.15) is 0 Å². The Kier molecular flexibility index (Phi) is 3.42. The Balaban J connectivity index is 1.75. The van der Waals surface area contributed by atoms with Crippen molar-refractivity contribution in [2.24, 2.45) is 5.41 Å². The van der Waals surface area contributed by atoms with Crippen LogP contribution in [0.3, 0.4) is 0 Å². The number of nitrogens with one attached hydrogen (secondary N) is 1. The summed E-state index contributed by atoms with van der Waals surface area (Å²) in [5.41, 5.74) is 2.72. The second kappa shape index (κ2) is 5.09. The molecule has 1 heterocycles. The fourth-order valence-corrected chi connectivity index (χ4v) is 2.17. The molecule has 1 atom stereocenters. The summed E-state index contributed by atoms with van der Waals surface area (Å²) < 4.78 is 5.76. The molecule has 20 heavy (non-hydrogen) atoms. The first kappa shape index (κ1) is 13.4. The van der Waals surface area contributed by atoms with Crippen LogP contribution < -0.4 is 5.32 Å². The monoisotopic (exact) mass is 274 g/mol. The van der Waals surface area contributed by atoms with E-state index in [1.165, 1.54) is 12.8 Å². The molecule has 108 valence electrons. The Hall–Kier alpha value is -1.55. The number of hydrogen-bond donors (Lipinski definition) is 2. The topological polar surface area (TPSA) is 58.3 Å². The van der Waals surface area contributed by atoms with E-state index in [4.69, 9.17) is 4.42 Å². The molecule has 3 rings (SSSR count). The highest BCUT2D eigenvalue weighted by Crippen LogP contribution is 2.40. The number of benzene rings is 1. The fourth-order valence-electron chi connectivity index (χ4n) is 2.17. The van der Waals surface area contributed by atoms with Gasteiger partial charge < -0.3 is 14.8 Å². The molecule has 1 unspecified atom stereocenters. The van der Waals surface area contributed by atoms with Gasteiger partial charge in [-0.15, -0.1) is 0 Å². The van der Waals surface area contributed by atoms with Gasteiger partial charge in [0, 0.05) is 23.6 Å². The van der Waals surface area contributed by atoms with Crippen molar-refractivity contribution in [3.63, 3.8) is 0 Å². The van der Waals surface area contributed by atoms with Crippen molar-refractivity contribution >= 4 is 16.8 Å². The lowest BCUT2D eigenvalue weighted by Gasteiger charge is -2.26. The molecule has 0 amide bonds. The minimum atomic E-state index is -0.0854. The van der Waals surface area contributed by atoms with Crippen molar-refractivity contribution < 1.29 is 9.52 Å². The lowest BCUT2D eigenvalue weighted by Crippen LogP contribution is -2.29. The number of nitrogens with zero attached hydrogens (tertiary/aromatic N) is 1. The highest BCUT2D eigenvalue weighted by molar-refractivity contribution is 5.77. The minimum absolute atomic E-state index is 0.0854. The zero-order chi connectivity index (χ0) is 14.2. The van der Waals surface area contributed by atoms with E-state index in [-0.39, 0.29) is 12.0 Å². The van der Waals surface area contributed by atoms with Gasteiger partial charge in [-0.1, -0.05) is 13.8 Å². The number of hydrogen-bond acceptors (Lipinski definition) is 4.